The van der Waals surface area contributed by atoms with Crippen LogP contribution in [-0.4, -0.2) is 23.6 Å². The highest BCUT2D eigenvalue weighted by molar-refractivity contribution is 5.91. The van der Waals surface area contributed by atoms with Crippen molar-refractivity contribution in [2.45, 2.75) is 31.6 Å². The molecule has 0 amide bonds. The number of aromatic amines is 2. The average Bonchev–Trinajstić information content (AvgIpc) is 3.49. The van der Waals surface area contributed by atoms with E-state index in [1.54, 1.807) is 0 Å². The molecule has 0 spiro atoms. The highest BCUT2D eigenvalue weighted by Gasteiger charge is 2.28. The molecular weight excluding hydrogens is 368 g/mol. The maximum Gasteiger partial charge on any atom is 0.231 e. The number of hydrogen-bond acceptors (Lipinski definition) is 4. The Bertz CT molecular complexity index is 1290. The Balaban J connectivity index is 1.43. The van der Waals surface area contributed by atoms with Crippen LogP contribution in [0.2, 0.25) is 0 Å². The molecule has 2 N–H and O–H groups in total. The minimum atomic E-state index is 0.293. The van der Waals surface area contributed by atoms with Crippen molar-refractivity contribution in [2.75, 3.05) is 13.6 Å². The molecule has 29 heavy (non-hydrogen) atoms. The molecule has 4 aromatic rings. The average molecular weight is 388 g/mol. The van der Waals surface area contributed by atoms with Crippen LogP contribution in [0.4, 0.5) is 0 Å². The molecule has 4 heterocycles. The highest BCUT2D eigenvalue weighted by Crippen LogP contribution is 2.45. The van der Waals surface area contributed by atoms with E-state index in [1.807, 2.05) is 6.07 Å². The molecule has 146 valence electrons. The van der Waals surface area contributed by atoms with Gasteiger partial charge in [0.15, 0.2) is 23.0 Å². The Hall–Kier alpha value is -3.28. The van der Waals surface area contributed by atoms with Crippen LogP contribution in [0.15, 0.2) is 30.5 Å². The summed E-state index contributed by atoms with van der Waals surface area (Å²) in [6.07, 6.45) is 6.75. The zero-order chi connectivity index (χ0) is 18.9. The minimum absolute atomic E-state index is 0.293. The second-order valence-corrected chi connectivity index (χ2v) is 8.06. The van der Waals surface area contributed by atoms with E-state index in [0.29, 0.717) is 19.5 Å². The number of rotatable bonds is 1. The lowest BCUT2D eigenvalue weighted by atomic mass is 9.90. The fourth-order valence-corrected chi connectivity index (χ4v) is 5.15. The van der Waals surface area contributed by atoms with Crippen LogP contribution in [0, 0.1) is 0 Å². The molecule has 3 aliphatic rings. The molecule has 0 bridgehead atoms. The monoisotopic (exact) mass is 388 g/mol. The van der Waals surface area contributed by atoms with Gasteiger partial charge < -0.3 is 28.9 Å². The fourth-order valence-electron chi connectivity index (χ4n) is 5.15. The Labute approximate surface area is 166 Å². The molecule has 2 aliphatic heterocycles. The summed E-state index contributed by atoms with van der Waals surface area (Å²) in [6, 6.07) is 8.38. The van der Waals surface area contributed by atoms with Gasteiger partial charge in [0, 0.05) is 51.7 Å². The summed E-state index contributed by atoms with van der Waals surface area (Å²) in [5.41, 5.74) is 6.26. The lowest BCUT2D eigenvalue weighted by Gasteiger charge is -2.15. The van der Waals surface area contributed by atoms with Crippen LogP contribution in [-0.2, 0) is 6.42 Å². The van der Waals surface area contributed by atoms with Crippen LogP contribution in [0.1, 0.15) is 42.0 Å². The van der Waals surface area contributed by atoms with Gasteiger partial charge in [-0.1, -0.05) is 6.42 Å². The van der Waals surface area contributed by atoms with E-state index in [4.69, 9.17) is 18.9 Å². The second kappa shape index (κ2) is 5.63. The third-order valence-corrected chi connectivity index (χ3v) is 6.53. The number of H-pyrrole nitrogens is 2. The summed E-state index contributed by atoms with van der Waals surface area (Å²) in [4.78, 5) is 7.18. The Morgan fingerprint density at radius 3 is 2.24 bits per heavy atom. The van der Waals surface area contributed by atoms with E-state index in [9.17, 15) is 0 Å². The van der Waals surface area contributed by atoms with Gasteiger partial charge in [0.2, 0.25) is 13.6 Å². The minimum Gasteiger partial charge on any atom is -0.454 e. The van der Waals surface area contributed by atoms with E-state index >= 15 is 0 Å². The van der Waals surface area contributed by atoms with Crippen molar-refractivity contribution in [2.24, 2.45) is 0 Å². The molecule has 7 rings (SSSR count). The van der Waals surface area contributed by atoms with E-state index in [-0.39, 0.29) is 0 Å². The van der Waals surface area contributed by atoms with E-state index in [1.165, 1.54) is 40.4 Å². The second-order valence-electron chi connectivity index (χ2n) is 8.06. The molecule has 6 heteroatoms. The molecule has 1 atom stereocenters. The summed E-state index contributed by atoms with van der Waals surface area (Å²) < 4.78 is 22.4. The highest BCUT2D eigenvalue weighted by atomic mass is 16.7. The molecule has 0 fully saturated rings. The van der Waals surface area contributed by atoms with Crippen LogP contribution < -0.4 is 18.9 Å². The predicted octanol–water partition coefficient (Wildman–Crippen LogP) is 4.96. The smallest absolute Gasteiger partial charge is 0.231 e. The molecule has 2 aromatic heterocycles. The quantitative estimate of drug-likeness (QED) is 0.452. The van der Waals surface area contributed by atoms with Crippen molar-refractivity contribution < 1.29 is 18.9 Å². The summed E-state index contributed by atoms with van der Waals surface area (Å²) in [5, 5.41) is 2.47. The number of benzene rings is 2. The van der Waals surface area contributed by atoms with Crippen LogP contribution in [0.3, 0.4) is 0 Å². The number of aryl methyl sites for hydroxylation is 1. The molecule has 0 radical (unpaired) electrons. The van der Waals surface area contributed by atoms with Gasteiger partial charge in [0.25, 0.3) is 0 Å². The summed E-state index contributed by atoms with van der Waals surface area (Å²) >= 11 is 0. The van der Waals surface area contributed by atoms with Crippen molar-refractivity contribution >= 4 is 21.8 Å². The van der Waals surface area contributed by atoms with Crippen molar-refractivity contribution in [1.29, 1.82) is 0 Å². The zero-order valence-corrected chi connectivity index (χ0v) is 15.8. The van der Waals surface area contributed by atoms with Crippen molar-refractivity contribution in [3.05, 3.63) is 47.3 Å². The van der Waals surface area contributed by atoms with E-state index in [2.05, 4.69) is 34.4 Å². The first kappa shape index (κ1) is 15.6. The summed E-state index contributed by atoms with van der Waals surface area (Å²) in [6.45, 7) is 0.597. The number of fused-ring (bicyclic) bond motifs is 6. The van der Waals surface area contributed by atoms with Crippen molar-refractivity contribution in [3.8, 4) is 23.0 Å². The lowest BCUT2D eigenvalue weighted by molar-refractivity contribution is 0.173. The van der Waals surface area contributed by atoms with E-state index < -0.39 is 0 Å². The molecule has 0 saturated carbocycles. The van der Waals surface area contributed by atoms with Gasteiger partial charge in [-0.25, -0.2) is 0 Å². The molecule has 2 aromatic carbocycles. The molecule has 1 unspecified atom stereocenters. The first-order valence-corrected chi connectivity index (χ1v) is 10.2. The first-order valence-electron chi connectivity index (χ1n) is 10.2. The summed E-state index contributed by atoms with van der Waals surface area (Å²) in [5.74, 6) is 3.62. The predicted molar refractivity (Wildman–Crippen MR) is 108 cm³/mol. The van der Waals surface area contributed by atoms with Crippen LogP contribution in [0.5, 0.6) is 23.0 Å². The maximum atomic E-state index is 5.63. The molecular formula is C23H20N2O4. The normalized spacial score (nSPS) is 19.7. The van der Waals surface area contributed by atoms with Gasteiger partial charge in [0.1, 0.15) is 0 Å². The molecule has 0 saturated heterocycles. The fraction of sp³-hybridized carbons (Fsp3) is 0.304. The standard InChI is InChI=1S/C23H20N2O4/c1-2-4-13(16-9-24-17-7-21-20(6-15(16)17)27-10-28-21)23-12(3-1)14-5-19-22(29-11-26-19)8-18(14)25-23/h5-9,13,24-25H,1-4,10-11H2. The molecule has 6 nitrogen and oxygen atoms in total. The zero-order valence-electron chi connectivity index (χ0n) is 15.8. The number of hydrogen-bond donors (Lipinski definition) is 2. The maximum absolute atomic E-state index is 5.63. The van der Waals surface area contributed by atoms with Gasteiger partial charge >= 0.3 is 0 Å². The van der Waals surface area contributed by atoms with Crippen molar-refractivity contribution in [3.63, 3.8) is 0 Å². The van der Waals surface area contributed by atoms with Crippen LogP contribution in [0.25, 0.3) is 21.8 Å². The van der Waals surface area contributed by atoms with Gasteiger partial charge in [-0.2, -0.15) is 0 Å². The lowest BCUT2D eigenvalue weighted by Crippen LogP contribution is -2.01. The third-order valence-electron chi connectivity index (χ3n) is 6.53. The SMILES string of the molecule is c1[nH]c2cc3c(cc2c1C1CCCCc2c1[nH]c1cc4c(cc21)OCO4)OCO3. The van der Waals surface area contributed by atoms with Gasteiger partial charge in [-0.15, -0.1) is 0 Å². The first-order chi connectivity index (χ1) is 14.3. The number of nitrogens with one attached hydrogen (secondary N) is 2. The van der Waals surface area contributed by atoms with E-state index in [0.717, 1.165) is 46.9 Å². The Morgan fingerprint density at radius 1 is 0.759 bits per heavy atom. The summed E-state index contributed by atoms with van der Waals surface area (Å²) in [7, 11) is 0. The van der Waals surface area contributed by atoms with Crippen molar-refractivity contribution in [1.82, 2.24) is 9.97 Å². The van der Waals surface area contributed by atoms with Gasteiger partial charge in [-0.05, 0) is 42.5 Å². The number of aromatic nitrogens is 2. The topological polar surface area (TPSA) is 68.5 Å². The third kappa shape index (κ3) is 2.17. The van der Waals surface area contributed by atoms with Crippen LogP contribution >= 0.6 is 0 Å². The molecule has 1 aliphatic carbocycles. The Kier molecular flexibility index (Phi) is 3.03. The van der Waals surface area contributed by atoms with Gasteiger partial charge in [0.05, 0.1) is 0 Å². The van der Waals surface area contributed by atoms with Gasteiger partial charge in [-0.3, -0.25) is 0 Å². The largest absolute Gasteiger partial charge is 0.454 e. The Morgan fingerprint density at radius 2 is 1.45 bits per heavy atom. The number of ether oxygens (including phenoxy) is 4.